The highest BCUT2D eigenvalue weighted by molar-refractivity contribution is 5.88. The van der Waals surface area contributed by atoms with Gasteiger partial charge in [-0.05, 0) is 31.2 Å². The SMILES string of the molecule is CCn1c(-c2ccccc2O)cc2ccccc21. The molecule has 0 aliphatic heterocycles. The van der Waals surface area contributed by atoms with Crippen molar-refractivity contribution in [3.63, 3.8) is 0 Å². The zero-order chi connectivity index (χ0) is 12.5. The Balaban J connectivity index is 2.32. The third-order valence-corrected chi connectivity index (χ3v) is 3.31. The van der Waals surface area contributed by atoms with Gasteiger partial charge in [0.05, 0.1) is 5.69 Å². The Kier molecular flexibility index (Phi) is 2.56. The summed E-state index contributed by atoms with van der Waals surface area (Å²) in [5.74, 6) is 0.329. The van der Waals surface area contributed by atoms with Crippen molar-refractivity contribution in [1.82, 2.24) is 4.57 Å². The predicted octanol–water partition coefficient (Wildman–Crippen LogP) is 4.03. The summed E-state index contributed by atoms with van der Waals surface area (Å²) in [6.07, 6.45) is 0. The van der Waals surface area contributed by atoms with Crippen LogP contribution >= 0.6 is 0 Å². The van der Waals surface area contributed by atoms with Gasteiger partial charge < -0.3 is 9.67 Å². The molecule has 2 heteroatoms. The minimum absolute atomic E-state index is 0.329. The number of phenolic OH excluding ortho intramolecular Hbond substituents is 1. The molecule has 0 atom stereocenters. The smallest absolute Gasteiger partial charge is 0.124 e. The van der Waals surface area contributed by atoms with Gasteiger partial charge in [-0.25, -0.2) is 0 Å². The monoisotopic (exact) mass is 237 g/mol. The zero-order valence-electron chi connectivity index (χ0n) is 10.3. The number of nitrogens with zero attached hydrogens (tertiary/aromatic N) is 1. The summed E-state index contributed by atoms with van der Waals surface area (Å²) in [6.45, 7) is 3.01. The maximum absolute atomic E-state index is 10.00. The molecule has 0 bridgehead atoms. The minimum atomic E-state index is 0.329. The molecule has 1 heterocycles. The van der Waals surface area contributed by atoms with Crippen LogP contribution in [0.3, 0.4) is 0 Å². The number of aryl methyl sites for hydroxylation is 1. The van der Waals surface area contributed by atoms with Crippen LogP contribution < -0.4 is 0 Å². The zero-order valence-corrected chi connectivity index (χ0v) is 10.3. The van der Waals surface area contributed by atoms with Crippen LogP contribution in [0.1, 0.15) is 6.92 Å². The molecule has 0 amide bonds. The first kappa shape index (κ1) is 10.9. The summed E-state index contributed by atoms with van der Waals surface area (Å²) in [4.78, 5) is 0. The molecule has 0 unspecified atom stereocenters. The van der Waals surface area contributed by atoms with Gasteiger partial charge in [0, 0.05) is 23.0 Å². The summed E-state index contributed by atoms with van der Waals surface area (Å²) in [5.41, 5.74) is 3.16. The Morgan fingerprint density at radius 1 is 1.00 bits per heavy atom. The molecular weight excluding hydrogens is 222 g/mol. The lowest BCUT2D eigenvalue weighted by Gasteiger charge is -2.09. The Hall–Kier alpha value is -2.22. The first-order chi connectivity index (χ1) is 8.81. The highest BCUT2D eigenvalue weighted by atomic mass is 16.3. The van der Waals surface area contributed by atoms with Crippen molar-refractivity contribution in [1.29, 1.82) is 0 Å². The summed E-state index contributed by atoms with van der Waals surface area (Å²) < 4.78 is 2.23. The van der Waals surface area contributed by atoms with Crippen LogP contribution in [-0.4, -0.2) is 9.67 Å². The molecule has 0 saturated heterocycles. The van der Waals surface area contributed by atoms with E-state index in [1.807, 2.05) is 30.3 Å². The molecule has 2 aromatic carbocycles. The normalized spacial score (nSPS) is 10.9. The molecule has 1 aromatic heterocycles. The Labute approximate surface area is 106 Å². The molecule has 18 heavy (non-hydrogen) atoms. The van der Waals surface area contributed by atoms with Crippen molar-refractivity contribution >= 4 is 10.9 Å². The van der Waals surface area contributed by atoms with Crippen molar-refractivity contribution in [2.24, 2.45) is 0 Å². The van der Waals surface area contributed by atoms with E-state index in [1.165, 1.54) is 10.9 Å². The topological polar surface area (TPSA) is 25.2 Å². The fraction of sp³-hybridized carbons (Fsp3) is 0.125. The number of aromatic hydroxyl groups is 1. The highest BCUT2D eigenvalue weighted by Crippen LogP contribution is 2.33. The van der Waals surface area contributed by atoms with E-state index in [9.17, 15) is 5.11 Å². The summed E-state index contributed by atoms with van der Waals surface area (Å²) in [5, 5.41) is 11.2. The second kappa shape index (κ2) is 4.22. The van der Waals surface area contributed by atoms with E-state index in [0.29, 0.717) is 5.75 Å². The highest BCUT2D eigenvalue weighted by Gasteiger charge is 2.11. The number of hydrogen-bond donors (Lipinski definition) is 1. The van der Waals surface area contributed by atoms with Gasteiger partial charge in [-0.15, -0.1) is 0 Å². The number of hydrogen-bond acceptors (Lipinski definition) is 1. The molecule has 90 valence electrons. The predicted molar refractivity (Wildman–Crippen MR) is 74.7 cm³/mol. The fourth-order valence-electron chi connectivity index (χ4n) is 2.46. The minimum Gasteiger partial charge on any atom is -0.507 e. The Bertz CT molecular complexity index is 697. The van der Waals surface area contributed by atoms with Crippen LogP contribution in [0, 0.1) is 0 Å². The Morgan fingerprint density at radius 2 is 1.72 bits per heavy atom. The van der Waals surface area contributed by atoms with Crippen molar-refractivity contribution in [3.8, 4) is 17.0 Å². The molecule has 0 spiro atoms. The molecule has 0 saturated carbocycles. The maximum atomic E-state index is 10.00. The van der Waals surface area contributed by atoms with Gasteiger partial charge in [0.25, 0.3) is 0 Å². The fourth-order valence-corrected chi connectivity index (χ4v) is 2.46. The van der Waals surface area contributed by atoms with Crippen LogP contribution in [0.4, 0.5) is 0 Å². The van der Waals surface area contributed by atoms with Crippen LogP contribution in [0.25, 0.3) is 22.2 Å². The van der Waals surface area contributed by atoms with Gasteiger partial charge in [-0.1, -0.05) is 30.3 Å². The van der Waals surface area contributed by atoms with Gasteiger partial charge in [0.15, 0.2) is 0 Å². The molecule has 0 radical (unpaired) electrons. The Morgan fingerprint density at radius 3 is 2.50 bits per heavy atom. The number of aromatic nitrogens is 1. The van der Waals surface area contributed by atoms with Crippen LogP contribution in [-0.2, 0) is 6.54 Å². The quantitative estimate of drug-likeness (QED) is 0.715. The van der Waals surface area contributed by atoms with Gasteiger partial charge in [0.2, 0.25) is 0 Å². The summed E-state index contributed by atoms with van der Waals surface area (Å²) >= 11 is 0. The lowest BCUT2D eigenvalue weighted by Crippen LogP contribution is -1.96. The molecular formula is C16H15NO. The van der Waals surface area contributed by atoms with Crippen molar-refractivity contribution in [2.45, 2.75) is 13.5 Å². The second-order valence-corrected chi connectivity index (χ2v) is 4.35. The van der Waals surface area contributed by atoms with E-state index in [2.05, 4.69) is 29.7 Å². The second-order valence-electron chi connectivity index (χ2n) is 4.35. The van der Waals surface area contributed by atoms with E-state index in [-0.39, 0.29) is 0 Å². The number of para-hydroxylation sites is 2. The number of rotatable bonds is 2. The van der Waals surface area contributed by atoms with Gasteiger partial charge in [0.1, 0.15) is 5.75 Å². The molecule has 0 fully saturated rings. The molecule has 0 aliphatic carbocycles. The van der Waals surface area contributed by atoms with Gasteiger partial charge in [-0.2, -0.15) is 0 Å². The van der Waals surface area contributed by atoms with Crippen LogP contribution in [0.2, 0.25) is 0 Å². The lowest BCUT2D eigenvalue weighted by atomic mass is 10.1. The number of phenols is 1. The summed E-state index contributed by atoms with van der Waals surface area (Å²) in [6, 6.07) is 17.9. The standard InChI is InChI=1S/C16H15NO/c1-2-17-14-9-5-3-7-12(14)11-15(17)13-8-4-6-10-16(13)18/h3-11,18H,2H2,1H3. The average Bonchev–Trinajstić information content (AvgIpc) is 2.77. The number of fused-ring (bicyclic) bond motifs is 1. The molecule has 3 aromatic rings. The molecule has 1 N–H and O–H groups in total. The van der Waals surface area contributed by atoms with E-state index < -0.39 is 0 Å². The molecule has 0 aliphatic rings. The molecule has 3 rings (SSSR count). The van der Waals surface area contributed by atoms with E-state index in [4.69, 9.17) is 0 Å². The first-order valence-corrected chi connectivity index (χ1v) is 6.18. The first-order valence-electron chi connectivity index (χ1n) is 6.18. The maximum Gasteiger partial charge on any atom is 0.124 e. The molecule has 2 nitrogen and oxygen atoms in total. The van der Waals surface area contributed by atoms with Crippen molar-refractivity contribution < 1.29 is 5.11 Å². The van der Waals surface area contributed by atoms with Crippen LogP contribution in [0.5, 0.6) is 5.75 Å². The average molecular weight is 237 g/mol. The lowest BCUT2D eigenvalue weighted by molar-refractivity contribution is 0.477. The third-order valence-electron chi connectivity index (χ3n) is 3.31. The van der Waals surface area contributed by atoms with E-state index in [0.717, 1.165) is 17.8 Å². The van der Waals surface area contributed by atoms with Gasteiger partial charge in [-0.3, -0.25) is 0 Å². The number of benzene rings is 2. The van der Waals surface area contributed by atoms with Crippen LogP contribution in [0.15, 0.2) is 54.6 Å². The van der Waals surface area contributed by atoms with Gasteiger partial charge >= 0.3 is 0 Å². The van der Waals surface area contributed by atoms with Crippen molar-refractivity contribution in [3.05, 3.63) is 54.6 Å². The summed E-state index contributed by atoms with van der Waals surface area (Å²) in [7, 11) is 0. The van der Waals surface area contributed by atoms with Crippen molar-refractivity contribution in [2.75, 3.05) is 0 Å². The largest absolute Gasteiger partial charge is 0.507 e. The van der Waals surface area contributed by atoms with E-state index >= 15 is 0 Å². The third kappa shape index (κ3) is 1.58. The van der Waals surface area contributed by atoms with E-state index in [1.54, 1.807) is 6.07 Å².